The second kappa shape index (κ2) is 6.28. The molecule has 0 aliphatic rings. The zero-order valence-electron chi connectivity index (χ0n) is 11.6. The molecule has 0 fully saturated rings. The lowest BCUT2D eigenvalue weighted by Gasteiger charge is -2.29. The molecule has 4 nitrogen and oxygen atoms in total. The highest BCUT2D eigenvalue weighted by Gasteiger charge is 2.15. The minimum atomic E-state index is 0.153. The molecule has 1 aromatic carbocycles. The summed E-state index contributed by atoms with van der Waals surface area (Å²) < 4.78 is 0. The van der Waals surface area contributed by atoms with Gasteiger partial charge in [0.05, 0.1) is 0 Å². The summed E-state index contributed by atoms with van der Waals surface area (Å²) in [6.45, 7) is 6.39. The van der Waals surface area contributed by atoms with Gasteiger partial charge >= 0.3 is 0 Å². The van der Waals surface area contributed by atoms with Gasteiger partial charge in [0.15, 0.2) is 5.84 Å². The van der Waals surface area contributed by atoms with Crippen LogP contribution in [-0.4, -0.2) is 24.1 Å². The monoisotopic (exact) mass is 249 g/mol. The van der Waals surface area contributed by atoms with Crippen LogP contribution >= 0.6 is 0 Å². The Morgan fingerprint density at radius 1 is 1.50 bits per heavy atom. The van der Waals surface area contributed by atoms with Crippen LogP contribution in [0.4, 0.5) is 5.69 Å². The smallest absolute Gasteiger partial charge is 0.172 e. The Balaban J connectivity index is 3.16. The van der Waals surface area contributed by atoms with Gasteiger partial charge in [-0.3, -0.25) is 0 Å². The third-order valence-electron chi connectivity index (χ3n) is 3.28. The van der Waals surface area contributed by atoms with Gasteiger partial charge in [0.1, 0.15) is 0 Å². The SMILES string of the molecule is CCCC(C)N(C)c1cc(C)ccc1C(N)=NO. The van der Waals surface area contributed by atoms with Gasteiger partial charge in [0, 0.05) is 24.3 Å². The van der Waals surface area contributed by atoms with Crippen molar-refractivity contribution in [3.05, 3.63) is 29.3 Å². The number of aryl methyl sites for hydroxylation is 1. The number of benzene rings is 1. The van der Waals surface area contributed by atoms with E-state index >= 15 is 0 Å². The van der Waals surface area contributed by atoms with Crippen LogP contribution < -0.4 is 10.6 Å². The number of hydrogen-bond donors (Lipinski definition) is 2. The van der Waals surface area contributed by atoms with Gasteiger partial charge < -0.3 is 15.8 Å². The van der Waals surface area contributed by atoms with E-state index in [2.05, 4.69) is 30.0 Å². The summed E-state index contributed by atoms with van der Waals surface area (Å²) in [7, 11) is 2.04. The lowest BCUT2D eigenvalue weighted by Crippen LogP contribution is -2.31. The van der Waals surface area contributed by atoms with E-state index in [4.69, 9.17) is 10.9 Å². The van der Waals surface area contributed by atoms with Gasteiger partial charge in [-0.05, 0) is 38.0 Å². The molecule has 0 aliphatic carbocycles. The number of nitrogens with zero attached hydrogens (tertiary/aromatic N) is 2. The van der Waals surface area contributed by atoms with Crippen LogP contribution in [0.2, 0.25) is 0 Å². The Morgan fingerprint density at radius 2 is 2.17 bits per heavy atom. The molecule has 0 aliphatic heterocycles. The largest absolute Gasteiger partial charge is 0.409 e. The van der Waals surface area contributed by atoms with E-state index < -0.39 is 0 Å². The second-order valence-electron chi connectivity index (χ2n) is 4.75. The van der Waals surface area contributed by atoms with Crippen molar-refractivity contribution in [3.63, 3.8) is 0 Å². The predicted molar refractivity (Wildman–Crippen MR) is 76.5 cm³/mol. The fraction of sp³-hybridized carbons (Fsp3) is 0.500. The first kappa shape index (κ1) is 14.4. The number of anilines is 1. The summed E-state index contributed by atoms with van der Waals surface area (Å²) in [6, 6.07) is 6.35. The highest BCUT2D eigenvalue weighted by molar-refractivity contribution is 6.02. The molecule has 0 amide bonds. The van der Waals surface area contributed by atoms with Gasteiger partial charge in [0.25, 0.3) is 0 Å². The summed E-state index contributed by atoms with van der Waals surface area (Å²) in [5, 5.41) is 12.0. The Hall–Kier alpha value is -1.71. The fourth-order valence-corrected chi connectivity index (χ4v) is 2.05. The van der Waals surface area contributed by atoms with Crippen molar-refractivity contribution in [2.24, 2.45) is 10.9 Å². The van der Waals surface area contributed by atoms with Crippen LogP contribution in [0.1, 0.15) is 37.8 Å². The number of rotatable bonds is 5. The zero-order chi connectivity index (χ0) is 13.7. The molecule has 18 heavy (non-hydrogen) atoms. The molecule has 0 radical (unpaired) electrons. The quantitative estimate of drug-likeness (QED) is 0.365. The van der Waals surface area contributed by atoms with Gasteiger partial charge in [-0.2, -0.15) is 0 Å². The summed E-state index contributed by atoms with van der Waals surface area (Å²) in [5.41, 5.74) is 8.67. The molecule has 0 bridgehead atoms. The maximum absolute atomic E-state index is 8.85. The van der Waals surface area contributed by atoms with Gasteiger partial charge in [0.2, 0.25) is 0 Å². The first-order valence-corrected chi connectivity index (χ1v) is 6.32. The van der Waals surface area contributed by atoms with Crippen LogP contribution in [0, 0.1) is 6.92 Å². The van der Waals surface area contributed by atoms with E-state index in [1.807, 2.05) is 26.1 Å². The summed E-state index contributed by atoms with van der Waals surface area (Å²) in [4.78, 5) is 2.18. The number of oxime groups is 1. The molecule has 0 spiro atoms. The van der Waals surface area contributed by atoms with Crippen LogP contribution in [0.25, 0.3) is 0 Å². The van der Waals surface area contributed by atoms with Crippen LogP contribution in [0.15, 0.2) is 23.4 Å². The van der Waals surface area contributed by atoms with Crippen molar-refractivity contribution < 1.29 is 5.21 Å². The van der Waals surface area contributed by atoms with Crippen molar-refractivity contribution >= 4 is 11.5 Å². The minimum absolute atomic E-state index is 0.153. The average Bonchev–Trinajstić information content (AvgIpc) is 2.37. The van der Waals surface area contributed by atoms with E-state index in [0.29, 0.717) is 6.04 Å². The van der Waals surface area contributed by atoms with Gasteiger partial charge in [-0.1, -0.05) is 24.6 Å². The highest BCUT2D eigenvalue weighted by Crippen LogP contribution is 2.24. The standard InChI is InChI=1S/C14H23N3O/c1-5-6-11(3)17(4)13-9-10(2)7-8-12(13)14(15)16-18/h7-9,11,18H,5-6H2,1-4H3,(H2,15,16). The molecule has 4 heteroatoms. The second-order valence-corrected chi connectivity index (χ2v) is 4.75. The van der Waals surface area contributed by atoms with Crippen LogP contribution in [0.5, 0.6) is 0 Å². The summed E-state index contributed by atoms with van der Waals surface area (Å²) in [5.74, 6) is 0.153. The Labute approximate surface area is 109 Å². The molecular weight excluding hydrogens is 226 g/mol. The topological polar surface area (TPSA) is 61.8 Å². The van der Waals surface area contributed by atoms with Crippen molar-refractivity contribution in [3.8, 4) is 0 Å². The van der Waals surface area contributed by atoms with E-state index in [1.165, 1.54) is 0 Å². The third-order valence-corrected chi connectivity index (χ3v) is 3.28. The van der Waals surface area contributed by atoms with E-state index in [0.717, 1.165) is 29.7 Å². The molecule has 0 saturated heterocycles. The van der Waals surface area contributed by atoms with Crippen molar-refractivity contribution in [2.45, 2.75) is 39.7 Å². The lowest BCUT2D eigenvalue weighted by molar-refractivity contribution is 0.318. The normalized spacial score (nSPS) is 13.4. The Bertz CT molecular complexity index is 429. The molecule has 0 heterocycles. The first-order valence-electron chi connectivity index (χ1n) is 6.32. The minimum Gasteiger partial charge on any atom is -0.409 e. The van der Waals surface area contributed by atoms with Crippen molar-refractivity contribution in [1.29, 1.82) is 0 Å². The maximum atomic E-state index is 8.85. The van der Waals surface area contributed by atoms with Gasteiger partial charge in [-0.25, -0.2) is 0 Å². The third kappa shape index (κ3) is 3.15. The fourth-order valence-electron chi connectivity index (χ4n) is 2.05. The number of hydrogen-bond acceptors (Lipinski definition) is 3. The average molecular weight is 249 g/mol. The zero-order valence-corrected chi connectivity index (χ0v) is 11.6. The lowest BCUT2D eigenvalue weighted by atomic mass is 10.1. The Kier molecular flexibility index (Phi) is 5.01. The Morgan fingerprint density at radius 3 is 2.72 bits per heavy atom. The number of nitrogens with two attached hydrogens (primary N) is 1. The first-order chi connectivity index (χ1) is 8.51. The summed E-state index contributed by atoms with van der Waals surface area (Å²) >= 11 is 0. The van der Waals surface area contributed by atoms with Crippen LogP contribution in [-0.2, 0) is 0 Å². The highest BCUT2D eigenvalue weighted by atomic mass is 16.4. The molecule has 1 rings (SSSR count). The van der Waals surface area contributed by atoms with Crippen molar-refractivity contribution in [2.75, 3.05) is 11.9 Å². The molecule has 1 unspecified atom stereocenters. The van der Waals surface area contributed by atoms with E-state index in [-0.39, 0.29) is 5.84 Å². The molecule has 0 saturated carbocycles. The number of amidine groups is 1. The molecular formula is C14H23N3O. The molecule has 0 aromatic heterocycles. The van der Waals surface area contributed by atoms with Gasteiger partial charge in [-0.15, -0.1) is 0 Å². The predicted octanol–water partition coefficient (Wildman–Crippen LogP) is 2.71. The molecule has 100 valence electrons. The molecule has 3 N–H and O–H groups in total. The molecule has 1 aromatic rings. The van der Waals surface area contributed by atoms with E-state index in [9.17, 15) is 0 Å². The maximum Gasteiger partial charge on any atom is 0.172 e. The van der Waals surface area contributed by atoms with Crippen LogP contribution in [0.3, 0.4) is 0 Å². The van der Waals surface area contributed by atoms with E-state index in [1.54, 1.807) is 0 Å². The summed E-state index contributed by atoms with van der Waals surface area (Å²) in [6.07, 6.45) is 2.25. The van der Waals surface area contributed by atoms with Crippen molar-refractivity contribution in [1.82, 2.24) is 0 Å². The molecule has 1 atom stereocenters.